The fourth-order valence-electron chi connectivity index (χ4n) is 0.633. The Balaban J connectivity index is 3.01. The Morgan fingerprint density at radius 1 is 1.67 bits per heavy atom. The molecule has 0 aliphatic heterocycles. The molecule has 0 spiro atoms. The van der Waals surface area contributed by atoms with Crippen LogP contribution in [0.5, 0.6) is 0 Å². The second-order valence-corrected chi connectivity index (χ2v) is 5.67. The molecule has 0 saturated carbocycles. The molecule has 1 heterocycles. The lowest BCUT2D eigenvalue weighted by molar-refractivity contribution is 1.42. The normalized spacial score (nSPS) is 10.1. The summed E-state index contributed by atoms with van der Waals surface area (Å²) in [5.74, 6) is 0. The van der Waals surface area contributed by atoms with Crippen LogP contribution >= 0.6 is 45.7 Å². The summed E-state index contributed by atoms with van der Waals surface area (Å²) in [4.78, 5) is 2.86. The van der Waals surface area contributed by atoms with E-state index >= 15 is 0 Å². The van der Waals surface area contributed by atoms with Crippen molar-refractivity contribution in [3.63, 3.8) is 0 Å². The first-order valence-corrected chi connectivity index (χ1v) is 5.66. The Morgan fingerprint density at radius 2 is 2.33 bits per heavy atom. The van der Waals surface area contributed by atoms with E-state index in [2.05, 4.69) is 41.8 Å². The highest BCUT2D eigenvalue weighted by Gasteiger charge is 1.99. The largest absolute Gasteiger partial charge is 0.133 e. The summed E-state index contributed by atoms with van der Waals surface area (Å²) in [5, 5.41) is 0. The third kappa shape index (κ3) is 1.85. The van der Waals surface area contributed by atoms with Crippen molar-refractivity contribution in [3.8, 4) is 0 Å². The molecule has 0 saturated heterocycles. The van der Waals surface area contributed by atoms with Crippen LogP contribution in [0.25, 0.3) is 0 Å². The van der Waals surface area contributed by atoms with Gasteiger partial charge in [-0.15, -0.1) is 23.1 Å². The maximum Gasteiger partial charge on any atom is 0.0667 e. The van der Waals surface area contributed by atoms with Gasteiger partial charge in [-0.3, -0.25) is 0 Å². The fourth-order valence-corrected chi connectivity index (χ4v) is 3.75. The molecule has 0 fully saturated rings. The van der Waals surface area contributed by atoms with Gasteiger partial charge in [0.1, 0.15) is 0 Å². The molecule has 0 aliphatic carbocycles. The van der Waals surface area contributed by atoms with Gasteiger partial charge in [-0.2, -0.15) is 0 Å². The number of halogens is 1. The van der Waals surface area contributed by atoms with Gasteiger partial charge in [0.05, 0.1) is 2.88 Å². The van der Waals surface area contributed by atoms with Crippen molar-refractivity contribution < 1.29 is 0 Å². The molecule has 9 heavy (non-hydrogen) atoms. The molecule has 50 valence electrons. The second-order valence-electron chi connectivity index (χ2n) is 1.68. The molecule has 0 aromatic carbocycles. The average molecular weight is 270 g/mol. The van der Waals surface area contributed by atoms with E-state index in [9.17, 15) is 0 Å². The molecule has 1 aromatic heterocycles. The Labute approximate surface area is 77.2 Å². The maximum absolute atomic E-state index is 2.35. The van der Waals surface area contributed by atoms with Crippen molar-refractivity contribution in [1.29, 1.82) is 0 Å². The molecule has 0 bridgehead atoms. The molecule has 1 rings (SSSR count). The van der Waals surface area contributed by atoms with Crippen LogP contribution in [0.1, 0.15) is 4.88 Å². The number of thioether (sulfide) groups is 1. The highest BCUT2D eigenvalue weighted by Crippen LogP contribution is 2.29. The Hall–Kier alpha value is 0.780. The van der Waals surface area contributed by atoms with Gasteiger partial charge in [-0.1, -0.05) is 0 Å². The van der Waals surface area contributed by atoms with E-state index in [1.165, 1.54) is 12.7 Å². The minimum Gasteiger partial charge on any atom is -0.133 e. The van der Waals surface area contributed by atoms with Crippen LogP contribution in [0.4, 0.5) is 0 Å². The Morgan fingerprint density at radius 3 is 2.56 bits per heavy atom. The minimum absolute atomic E-state index is 1.38. The highest BCUT2D eigenvalue weighted by molar-refractivity contribution is 14.1. The van der Waals surface area contributed by atoms with Crippen molar-refractivity contribution in [3.05, 3.63) is 13.8 Å². The smallest absolute Gasteiger partial charge is 0.0667 e. The van der Waals surface area contributed by atoms with Crippen molar-refractivity contribution >= 4 is 45.7 Å². The van der Waals surface area contributed by atoms with E-state index < -0.39 is 0 Å². The lowest BCUT2D eigenvalue weighted by Crippen LogP contribution is -1.62. The summed E-state index contributed by atoms with van der Waals surface area (Å²) in [5.41, 5.74) is 0. The summed E-state index contributed by atoms with van der Waals surface area (Å²) >= 11 is 6.04. The Bertz CT molecular complexity index is 205. The van der Waals surface area contributed by atoms with E-state index in [1.54, 1.807) is 0 Å². The van der Waals surface area contributed by atoms with Crippen LogP contribution in [0, 0.1) is 9.81 Å². The van der Waals surface area contributed by atoms with E-state index in [4.69, 9.17) is 0 Å². The topological polar surface area (TPSA) is 0 Å². The molecule has 3 heteroatoms. The molecule has 0 amide bonds. The second kappa shape index (κ2) is 3.25. The predicted molar refractivity (Wildman–Crippen MR) is 53.6 cm³/mol. The van der Waals surface area contributed by atoms with Crippen LogP contribution in [0.3, 0.4) is 0 Å². The van der Waals surface area contributed by atoms with Gasteiger partial charge in [-0.05, 0) is 41.8 Å². The first-order valence-electron chi connectivity index (χ1n) is 2.54. The highest BCUT2D eigenvalue weighted by atomic mass is 127. The third-order valence-corrected chi connectivity index (χ3v) is 3.87. The standard InChI is InChI=1S/C6H7IS2/c1-4-5(8-2)3-6(7)9-4/h3H,1-2H3. The van der Waals surface area contributed by atoms with E-state index in [1.807, 2.05) is 23.1 Å². The van der Waals surface area contributed by atoms with Gasteiger partial charge in [0.15, 0.2) is 0 Å². The van der Waals surface area contributed by atoms with Crippen LogP contribution in [0.15, 0.2) is 11.0 Å². The first kappa shape index (κ1) is 7.88. The van der Waals surface area contributed by atoms with E-state index in [-0.39, 0.29) is 0 Å². The monoisotopic (exact) mass is 270 g/mol. The lowest BCUT2D eigenvalue weighted by atomic mass is 10.5. The SMILES string of the molecule is CSc1cc(I)sc1C. The summed E-state index contributed by atoms with van der Waals surface area (Å²) < 4.78 is 1.38. The quantitative estimate of drug-likeness (QED) is 0.557. The number of hydrogen-bond donors (Lipinski definition) is 0. The number of hydrogen-bond acceptors (Lipinski definition) is 2. The average Bonchev–Trinajstić information content (AvgIpc) is 2.10. The van der Waals surface area contributed by atoms with Crippen molar-refractivity contribution in [1.82, 2.24) is 0 Å². The van der Waals surface area contributed by atoms with Gasteiger partial charge in [-0.25, -0.2) is 0 Å². The molecule has 0 aliphatic rings. The van der Waals surface area contributed by atoms with Crippen molar-refractivity contribution in [2.45, 2.75) is 11.8 Å². The number of aryl methyl sites for hydroxylation is 1. The Kier molecular flexibility index (Phi) is 2.85. The van der Waals surface area contributed by atoms with Gasteiger partial charge < -0.3 is 0 Å². The molecule has 0 N–H and O–H groups in total. The van der Waals surface area contributed by atoms with Gasteiger partial charge in [0.2, 0.25) is 0 Å². The number of thiophene rings is 1. The predicted octanol–water partition coefficient (Wildman–Crippen LogP) is 3.38. The zero-order valence-electron chi connectivity index (χ0n) is 5.27. The van der Waals surface area contributed by atoms with E-state index in [0.717, 1.165) is 0 Å². The van der Waals surface area contributed by atoms with E-state index in [0.29, 0.717) is 0 Å². The zero-order chi connectivity index (χ0) is 6.85. The molecule has 0 nitrogen and oxygen atoms in total. The summed E-state index contributed by atoms with van der Waals surface area (Å²) in [6.07, 6.45) is 2.12. The number of rotatable bonds is 1. The lowest BCUT2D eigenvalue weighted by Gasteiger charge is -1.87. The van der Waals surface area contributed by atoms with Crippen LogP contribution in [0.2, 0.25) is 0 Å². The molecular weight excluding hydrogens is 263 g/mol. The summed E-state index contributed by atoms with van der Waals surface area (Å²) in [7, 11) is 0. The summed E-state index contributed by atoms with van der Waals surface area (Å²) in [6.45, 7) is 2.17. The third-order valence-electron chi connectivity index (χ3n) is 1.06. The van der Waals surface area contributed by atoms with Gasteiger partial charge in [0.25, 0.3) is 0 Å². The van der Waals surface area contributed by atoms with Gasteiger partial charge in [0, 0.05) is 9.77 Å². The van der Waals surface area contributed by atoms with Crippen LogP contribution < -0.4 is 0 Å². The molecule has 0 unspecified atom stereocenters. The molecule has 0 radical (unpaired) electrons. The maximum atomic E-state index is 2.35. The summed E-state index contributed by atoms with van der Waals surface area (Å²) in [6, 6.07) is 2.23. The zero-order valence-corrected chi connectivity index (χ0v) is 9.06. The fraction of sp³-hybridized carbons (Fsp3) is 0.333. The van der Waals surface area contributed by atoms with Crippen LogP contribution in [-0.2, 0) is 0 Å². The van der Waals surface area contributed by atoms with Gasteiger partial charge >= 0.3 is 0 Å². The van der Waals surface area contributed by atoms with Crippen molar-refractivity contribution in [2.24, 2.45) is 0 Å². The van der Waals surface area contributed by atoms with Crippen molar-refractivity contribution in [2.75, 3.05) is 6.26 Å². The molecule has 0 atom stereocenters. The van der Waals surface area contributed by atoms with Crippen LogP contribution in [-0.4, -0.2) is 6.26 Å². The first-order chi connectivity index (χ1) is 4.24. The minimum atomic E-state index is 1.38. The molecular formula is C6H7IS2. The molecule has 1 aromatic rings.